The molecule has 1 heterocycles. The minimum absolute atomic E-state index is 0.761. The zero-order valence-corrected chi connectivity index (χ0v) is 13.4. The molecule has 6 heteroatoms. The van der Waals surface area contributed by atoms with Gasteiger partial charge in [-0.25, -0.2) is 4.98 Å². The molecular formula is C13H17BrN4S. The maximum atomic E-state index is 4.33. The van der Waals surface area contributed by atoms with Crippen molar-refractivity contribution in [2.45, 2.75) is 36.9 Å². The van der Waals surface area contributed by atoms with Gasteiger partial charge in [0.1, 0.15) is 5.82 Å². The van der Waals surface area contributed by atoms with Crippen LogP contribution in [0.1, 0.15) is 24.7 Å². The molecule has 2 aromatic rings. The van der Waals surface area contributed by atoms with E-state index in [4.69, 9.17) is 0 Å². The summed E-state index contributed by atoms with van der Waals surface area (Å²) in [6.45, 7) is 5.96. The Bertz CT molecular complexity index is 541. The largest absolute Gasteiger partial charge is 0.313 e. The van der Waals surface area contributed by atoms with Crippen molar-refractivity contribution in [3.63, 3.8) is 0 Å². The van der Waals surface area contributed by atoms with Crippen LogP contribution in [0.5, 0.6) is 0 Å². The highest BCUT2D eigenvalue weighted by Gasteiger charge is 2.08. The summed E-state index contributed by atoms with van der Waals surface area (Å²) in [5, 5.41) is 11.2. The Balaban J connectivity index is 2.14. The molecule has 0 saturated heterocycles. The zero-order valence-electron chi connectivity index (χ0n) is 11.0. The molecule has 1 aromatic carbocycles. The van der Waals surface area contributed by atoms with Crippen LogP contribution in [0.15, 0.2) is 32.7 Å². The molecule has 0 bridgehead atoms. The Morgan fingerprint density at radius 2 is 2.26 bits per heavy atom. The summed E-state index contributed by atoms with van der Waals surface area (Å²) in [4.78, 5) is 5.52. The van der Waals surface area contributed by atoms with Crippen LogP contribution in [0.25, 0.3) is 0 Å². The highest BCUT2D eigenvalue weighted by Crippen LogP contribution is 2.30. The van der Waals surface area contributed by atoms with Gasteiger partial charge in [-0.1, -0.05) is 22.9 Å². The second-order valence-corrected chi connectivity index (χ2v) is 6.16. The first kappa shape index (κ1) is 14.6. The van der Waals surface area contributed by atoms with Gasteiger partial charge in [-0.2, -0.15) is 0 Å². The van der Waals surface area contributed by atoms with E-state index in [9.17, 15) is 0 Å². The first-order valence-corrected chi connectivity index (χ1v) is 7.86. The average Bonchev–Trinajstić information content (AvgIpc) is 2.78. The van der Waals surface area contributed by atoms with Crippen molar-refractivity contribution in [3.8, 4) is 0 Å². The predicted octanol–water partition coefficient (Wildman–Crippen LogP) is 3.53. The fraction of sp³-hybridized carbons (Fsp3) is 0.385. The van der Waals surface area contributed by atoms with E-state index in [1.54, 1.807) is 11.8 Å². The minimum Gasteiger partial charge on any atom is -0.313 e. The van der Waals surface area contributed by atoms with Gasteiger partial charge in [0, 0.05) is 15.9 Å². The molecule has 0 fully saturated rings. The van der Waals surface area contributed by atoms with E-state index in [1.165, 1.54) is 10.5 Å². The van der Waals surface area contributed by atoms with E-state index in [2.05, 4.69) is 55.5 Å². The van der Waals surface area contributed by atoms with Gasteiger partial charge in [-0.05, 0) is 55.4 Å². The molecule has 0 aliphatic rings. The second kappa shape index (κ2) is 7.07. The van der Waals surface area contributed by atoms with Crippen LogP contribution in [0.2, 0.25) is 0 Å². The third-order valence-electron chi connectivity index (χ3n) is 2.54. The van der Waals surface area contributed by atoms with Crippen LogP contribution in [-0.4, -0.2) is 21.7 Å². The maximum Gasteiger partial charge on any atom is 0.213 e. The number of nitrogens with zero attached hydrogens (tertiary/aromatic N) is 2. The van der Waals surface area contributed by atoms with E-state index >= 15 is 0 Å². The molecule has 0 atom stereocenters. The van der Waals surface area contributed by atoms with Gasteiger partial charge in [-0.3, -0.25) is 5.10 Å². The maximum absolute atomic E-state index is 4.33. The molecule has 1 aromatic heterocycles. The summed E-state index contributed by atoms with van der Waals surface area (Å²) in [7, 11) is 0. The fourth-order valence-corrected chi connectivity index (χ4v) is 2.93. The molecule has 0 aliphatic heterocycles. The van der Waals surface area contributed by atoms with Gasteiger partial charge in [0.25, 0.3) is 0 Å². The lowest BCUT2D eigenvalue weighted by Gasteiger charge is -2.09. The fourth-order valence-electron chi connectivity index (χ4n) is 1.65. The van der Waals surface area contributed by atoms with Crippen LogP contribution < -0.4 is 5.32 Å². The number of hydrogen-bond donors (Lipinski definition) is 2. The third kappa shape index (κ3) is 4.33. The molecule has 0 amide bonds. The molecule has 0 saturated carbocycles. The lowest BCUT2D eigenvalue weighted by molar-refractivity contribution is 0.669. The van der Waals surface area contributed by atoms with Crippen LogP contribution >= 0.6 is 27.7 Å². The smallest absolute Gasteiger partial charge is 0.213 e. The topological polar surface area (TPSA) is 53.6 Å². The molecule has 102 valence electrons. The number of halogens is 1. The van der Waals surface area contributed by atoms with E-state index < -0.39 is 0 Å². The van der Waals surface area contributed by atoms with Crippen molar-refractivity contribution in [2.24, 2.45) is 0 Å². The standard InChI is InChI=1S/C13H17BrN4S/c1-3-6-15-8-10-7-11(14)4-5-12(10)19-13-16-9(2)17-18-13/h4-5,7,15H,3,6,8H2,1-2H3,(H,16,17,18). The zero-order chi connectivity index (χ0) is 13.7. The Hall–Kier alpha value is -0.850. The average molecular weight is 341 g/mol. The summed E-state index contributed by atoms with van der Waals surface area (Å²) in [6.07, 6.45) is 1.14. The number of hydrogen-bond acceptors (Lipinski definition) is 4. The van der Waals surface area contributed by atoms with Gasteiger partial charge >= 0.3 is 0 Å². The number of aromatic amines is 1. The molecule has 0 aliphatic carbocycles. The molecule has 4 nitrogen and oxygen atoms in total. The normalized spacial score (nSPS) is 10.9. The van der Waals surface area contributed by atoms with Gasteiger partial charge < -0.3 is 5.32 Å². The van der Waals surface area contributed by atoms with Crippen LogP contribution in [0.3, 0.4) is 0 Å². The van der Waals surface area contributed by atoms with Gasteiger partial charge in [0.15, 0.2) is 0 Å². The summed E-state index contributed by atoms with van der Waals surface area (Å²) < 4.78 is 1.09. The summed E-state index contributed by atoms with van der Waals surface area (Å²) in [6, 6.07) is 6.29. The number of aryl methyl sites for hydroxylation is 1. The highest BCUT2D eigenvalue weighted by molar-refractivity contribution is 9.10. The van der Waals surface area contributed by atoms with Crippen LogP contribution in [-0.2, 0) is 6.54 Å². The lowest BCUT2D eigenvalue weighted by Crippen LogP contribution is -2.14. The molecular weight excluding hydrogens is 324 g/mol. The van der Waals surface area contributed by atoms with E-state index in [0.29, 0.717) is 0 Å². The number of rotatable bonds is 6. The summed E-state index contributed by atoms with van der Waals surface area (Å²) in [5.74, 6) is 0.838. The summed E-state index contributed by atoms with van der Waals surface area (Å²) >= 11 is 5.11. The first-order valence-electron chi connectivity index (χ1n) is 6.25. The number of H-pyrrole nitrogens is 1. The molecule has 2 N–H and O–H groups in total. The predicted molar refractivity (Wildman–Crippen MR) is 81.4 cm³/mol. The second-order valence-electron chi connectivity index (χ2n) is 4.23. The Morgan fingerprint density at radius 1 is 1.42 bits per heavy atom. The molecule has 19 heavy (non-hydrogen) atoms. The number of aromatic nitrogens is 3. The van der Waals surface area contributed by atoms with Crippen molar-refractivity contribution in [1.82, 2.24) is 20.5 Å². The van der Waals surface area contributed by atoms with Crippen molar-refractivity contribution < 1.29 is 0 Å². The first-order chi connectivity index (χ1) is 9.19. The van der Waals surface area contributed by atoms with E-state index in [-0.39, 0.29) is 0 Å². The Morgan fingerprint density at radius 3 is 2.95 bits per heavy atom. The van der Waals surface area contributed by atoms with Crippen molar-refractivity contribution >= 4 is 27.7 Å². The van der Waals surface area contributed by atoms with E-state index in [1.807, 2.05) is 13.0 Å². The summed E-state index contributed by atoms with van der Waals surface area (Å²) in [5.41, 5.74) is 1.26. The highest BCUT2D eigenvalue weighted by atomic mass is 79.9. The van der Waals surface area contributed by atoms with Crippen molar-refractivity contribution in [3.05, 3.63) is 34.1 Å². The van der Waals surface area contributed by atoms with Gasteiger partial charge in [0.2, 0.25) is 5.16 Å². The number of benzene rings is 1. The van der Waals surface area contributed by atoms with Crippen molar-refractivity contribution in [1.29, 1.82) is 0 Å². The number of nitrogens with one attached hydrogen (secondary N) is 2. The molecule has 0 radical (unpaired) electrons. The lowest BCUT2D eigenvalue weighted by atomic mass is 10.2. The monoisotopic (exact) mass is 340 g/mol. The minimum atomic E-state index is 0.761. The third-order valence-corrected chi connectivity index (χ3v) is 4.02. The Labute approximate surface area is 125 Å². The van der Waals surface area contributed by atoms with Crippen LogP contribution in [0.4, 0.5) is 0 Å². The van der Waals surface area contributed by atoms with Gasteiger partial charge in [-0.15, -0.1) is 5.10 Å². The molecule has 2 rings (SSSR count). The quantitative estimate of drug-likeness (QED) is 0.790. The SMILES string of the molecule is CCCNCc1cc(Br)ccc1Sc1n[nH]c(C)n1. The van der Waals surface area contributed by atoms with Crippen molar-refractivity contribution in [2.75, 3.05) is 6.54 Å². The van der Waals surface area contributed by atoms with Gasteiger partial charge in [0.05, 0.1) is 0 Å². The Kier molecular flexibility index (Phi) is 5.42. The molecule has 0 unspecified atom stereocenters. The van der Waals surface area contributed by atoms with Crippen LogP contribution in [0, 0.1) is 6.92 Å². The van der Waals surface area contributed by atoms with E-state index in [0.717, 1.165) is 35.0 Å². The molecule has 0 spiro atoms.